The van der Waals surface area contributed by atoms with Crippen molar-refractivity contribution in [2.45, 2.75) is 58.5 Å². The van der Waals surface area contributed by atoms with Gasteiger partial charge in [0, 0.05) is 18.5 Å². The van der Waals surface area contributed by atoms with Gasteiger partial charge in [0.25, 0.3) is 0 Å². The summed E-state index contributed by atoms with van der Waals surface area (Å²) in [4.78, 5) is 14.5. The first-order valence-electron chi connectivity index (χ1n) is 8.01. The Balaban J connectivity index is 2.08. The maximum absolute atomic E-state index is 12.6. The molecule has 2 unspecified atom stereocenters. The summed E-state index contributed by atoms with van der Waals surface area (Å²) in [5, 5.41) is 0. The van der Waals surface area contributed by atoms with Gasteiger partial charge in [-0.2, -0.15) is 0 Å². The number of nitrogens with two attached hydrogens (primary N) is 1. The van der Waals surface area contributed by atoms with Crippen LogP contribution in [-0.2, 0) is 4.79 Å². The number of aryl methyl sites for hydroxylation is 1. The average molecular weight is 288 g/mol. The van der Waals surface area contributed by atoms with E-state index in [2.05, 4.69) is 52.0 Å². The second kappa shape index (κ2) is 6.61. The highest BCUT2D eigenvalue weighted by molar-refractivity contribution is 5.82. The van der Waals surface area contributed by atoms with Gasteiger partial charge >= 0.3 is 0 Å². The smallest absolute Gasteiger partial charge is 0.239 e. The van der Waals surface area contributed by atoms with Gasteiger partial charge in [-0.15, -0.1) is 0 Å². The van der Waals surface area contributed by atoms with E-state index in [0.29, 0.717) is 11.8 Å². The fraction of sp³-hybridized carbons (Fsp3) is 0.611. The highest BCUT2D eigenvalue weighted by Crippen LogP contribution is 2.33. The minimum Gasteiger partial charge on any atom is -0.338 e. The lowest BCUT2D eigenvalue weighted by Crippen LogP contribution is -2.45. The van der Waals surface area contributed by atoms with Crippen molar-refractivity contribution < 1.29 is 4.79 Å². The molecule has 1 aliphatic rings. The van der Waals surface area contributed by atoms with Gasteiger partial charge in [-0.05, 0) is 43.7 Å². The standard InChI is InChI=1S/C18H28N2O/c1-12(2)9-17(19)18(21)20-11-15(10-14(20)4)16-8-6-5-7-13(16)3/h5-8,12,14-15,17H,9-11,19H2,1-4H3/t14?,15?,17-/m0/s1. The monoisotopic (exact) mass is 288 g/mol. The van der Waals surface area contributed by atoms with Gasteiger partial charge in [-0.3, -0.25) is 4.79 Å². The maximum Gasteiger partial charge on any atom is 0.239 e. The molecule has 0 aliphatic carbocycles. The van der Waals surface area contributed by atoms with Crippen molar-refractivity contribution in [1.29, 1.82) is 0 Å². The predicted molar refractivity (Wildman–Crippen MR) is 87.1 cm³/mol. The zero-order chi connectivity index (χ0) is 15.6. The van der Waals surface area contributed by atoms with E-state index in [1.54, 1.807) is 0 Å². The molecule has 2 N–H and O–H groups in total. The van der Waals surface area contributed by atoms with Crippen LogP contribution in [0.3, 0.4) is 0 Å². The molecular weight excluding hydrogens is 260 g/mol. The number of amides is 1. The molecule has 3 heteroatoms. The van der Waals surface area contributed by atoms with Crippen LogP contribution in [0.2, 0.25) is 0 Å². The Bertz CT molecular complexity index is 498. The third-order valence-corrected chi connectivity index (χ3v) is 4.53. The number of carbonyl (C=O) groups is 1. The highest BCUT2D eigenvalue weighted by atomic mass is 16.2. The van der Waals surface area contributed by atoms with Crippen LogP contribution in [0.25, 0.3) is 0 Å². The Morgan fingerprint density at radius 2 is 2.05 bits per heavy atom. The molecule has 1 saturated heterocycles. The molecule has 0 spiro atoms. The number of nitrogens with zero attached hydrogens (tertiary/aromatic N) is 1. The second-order valence-corrected chi connectivity index (χ2v) is 6.86. The predicted octanol–water partition coefficient (Wildman–Crippen LogP) is 3.07. The Hall–Kier alpha value is -1.35. The summed E-state index contributed by atoms with van der Waals surface area (Å²) in [5.74, 6) is 1.01. The Morgan fingerprint density at radius 3 is 2.67 bits per heavy atom. The van der Waals surface area contributed by atoms with Crippen LogP contribution in [-0.4, -0.2) is 29.4 Å². The summed E-state index contributed by atoms with van der Waals surface area (Å²) in [7, 11) is 0. The van der Waals surface area contributed by atoms with Crippen molar-refractivity contribution in [2.24, 2.45) is 11.7 Å². The maximum atomic E-state index is 12.6. The quantitative estimate of drug-likeness (QED) is 0.925. The van der Waals surface area contributed by atoms with Crippen molar-refractivity contribution in [3.63, 3.8) is 0 Å². The fourth-order valence-corrected chi connectivity index (χ4v) is 3.43. The van der Waals surface area contributed by atoms with E-state index in [4.69, 9.17) is 5.73 Å². The van der Waals surface area contributed by atoms with Crippen molar-refractivity contribution in [3.05, 3.63) is 35.4 Å². The molecule has 0 radical (unpaired) electrons. The van der Waals surface area contributed by atoms with Crippen LogP contribution < -0.4 is 5.73 Å². The van der Waals surface area contributed by atoms with E-state index >= 15 is 0 Å². The summed E-state index contributed by atoms with van der Waals surface area (Å²) >= 11 is 0. The molecular formula is C18H28N2O. The molecule has 3 atom stereocenters. The highest BCUT2D eigenvalue weighted by Gasteiger charge is 2.35. The van der Waals surface area contributed by atoms with Gasteiger partial charge in [-0.25, -0.2) is 0 Å². The van der Waals surface area contributed by atoms with E-state index in [9.17, 15) is 4.79 Å². The summed E-state index contributed by atoms with van der Waals surface area (Å²) in [6, 6.07) is 8.41. The molecule has 1 aromatic rings. The van der Waals surface area contributed by atoms with Gasteiger partial charge in [0.2, 0.25) is 5.91 Å². The lowest BCUT2D eigenvalue weighted by molar-refractivity contribution is -0.133. The molecule has 1 heterocycles. The largest absolute Gasteiger partial charge is 0.338 e. The summed E-state index contributed by atoms with van der Waals surface area (Å²) in [5.41, 5.74) is 8.77. The van der Waals surface area contributed by atoms with Crippen LogP contribution in [0.15, 0.2) is 24.3 Å². The number of rotatable bonds is 4. The van der Waals surface area contributed by atoms with Crippen LogP contribution in [0.4, 0.5) is 0 Å². The summed E-state index contributed by atoms with van der Waals surface area (Å²) < 4.78 is 0. The van der Waals surface area contributed by atoms with Crippen LogP contribution in [0.1, 0.15) is 50.7 Å². The van der Waals surface area contributed by atoms with Crippen LogP contribution >= 0.6 is 0 Å². The number of benzene rings is 1. The average Bonchev–Trinajstić information content (AvgIpc) is 2.79. The van der Waals surface area contributed by atoms with E-state index in [-0.39, 0.29) is 18.0 Å². The first kappa shape index (κ1) is 16.0. The fourth-order valence-electron chi connectivity index (χ4n) is 3.43. The molecule has 1 fully saturated rings. The zero-order valence-electron chi connectivity index (χ0n) is 13.7. The Kier molecular flexibility index (Phi) is 5.04. The molecule has 3 nitrogen and oxygen atoms in total. The van der Waals surface area contributed by atoms with E-state index in [0.717, 1.165) is 19.4 Å². The van der Waals surface area contributed by atoms with Crippen molar-refractivity contribution in [1.82, 2.24) is 4.90 Å². The lowest BCUT2D eigenvalue weighted by Gasteiger charge is -2.26. The zero-order valence-corrected chi connectivity index (χ0v) is 13.7. The molecule has 2 rings (SSSR count). The Morgan fingerprint density at radius 1 is 1.38 bits per heavy atom. The first-order valence-corrected chi connectivity index (χ1v) is 8.01. The number of hydrogen-bond donors (Lipinski definition) is 1. The molecule has 21 heavy (non-hydrogen) atoms. The van der Waals surface area contributed by atoms with Crippen molar-refractivity contribution in [2.75, 3.05) is 6.54 Å². The third-order valence-electron chi connectivity index (χ3n) is 4.53. The molecule has 1 amide bonds. The first-order chi connectivity index (χ1) is 9.90. The number of carbonyl (C=O) groups excluding carboxylic acids is 1. The minimum absolute atomic E-state index is 0.118. The van der Waals surface area contributed by atoms with E-state index in [1.165, 1.54) is 11.1 Å². The Labute approximate surface area is 128 Å². The van der Waals surface area contributed by atoms with Crippen molar-refractivity contribution >= 4 is 5.91 Å². The number of hydrogen-bond acceptors (Lipinski definition) is 2. The topological polar surface area (TPSA) is 46.3 Å². The van der Waals surface area contributed by atoms with Crippen molar-refractivity contribution in [3.8, 4) is 0 Å². The summed E-state index contributed by atoms with van der Waals surface area (Å²) in [6.07, 6.45) is 1.79. The van der Waals surface area contributed by atoms with Gasteiger partial charge in [0.05, 0.1) is 6.04 Å². The third kappa shape index (κ3) is 3.65. The lowest BCUT2D eigenvalue weighted by atomic mass is 9.93. The molecule has 0 bridgehead atoms. The molecule has 0 saturated carbocycles. The molecule has 1 aromatic carbocycles. The second-order valence-electron chi connectivity index (χ2n) is 6.86. The van der Waals surface area contributed by atoms with Gasteiger partial charge < -0.3 is 10.6 Å². The van der Waals surface area contributed by atoms with E-state index in [1.807, 2.05) is 4.90 Å². The van der Waals surface area contributed by atoms with Gasteiger partial charge in [-0.1, -0.05) is 38.1 Å². The van der Waals surface area contributed by atoms with Crippen LogP contribution in [0, 0.1) is 12.8 Å². The molecule has 116 valence electrons. The van der Waals surface area contributed by atoms with Gasteiger partial charge in [0.15, 0.2) is 0 Å². The van der Waals surface area contributed by atoms with E-state index < -0.39 is 0 Å². The van der Waals surface area contributed by atoms with Crippen LogP contribution in [0.5, 0.6) is 0 Å². The SMILES string of the molecule is Cc1ccccc1C1CC(C)N(C(=O)[C@@H](N)CC(C)C)C1. The molecule has 0 aromatic heterocycles. The molecule has 1 aliphatic heterocycles. The normalized spacial score (nSPS) is 23.6. The minimum atomic E-state index is -0.358. The summed E-state index contributed by atoms with van der Waals surface area (Å²) in [6.45, 7) is 9.30. The number of likely N-dealkylation sites (tertiary alicyclic amines) is 1. The van der Waals surface area contributed by atoms with Gasteiger partial charge in [0.1, 0.15) is 0 Å².